The second kappa shape index (κ2) is 3.18. The van der Waals surface area contributed by atoms with Gasteiger partial charge in [0, 0.05) is 11.1 Å². The van der Waals surface area contributed by atoms with E-state index in [9.17, 15) is 0 Å². The highest BCUT2D eigenvalue weighted by atomic mass is 16.5. The van der Waals surface area contributed by atoms with E-state index in [4.69, 9.17) is 10.5 Å². The molecule has 0 radical (unpaired) electrons. The average Bonchev–Trinajstić information content (AvgIpc) is 2.19. The summed E-state index contributed by atoms with van der Waals surface area (Å²) in [6, 6.07) is 7.60. The summed E-state index contributed by atoms with van der Waals surface area (Å²) >= 11 is 0. The molecule has 0 saturated carbocycles. The van der Waals surface area contributed by atoms with Gasteiger partial charge in [-0.1, -0.05) is 0 Å². The van der Waals surface area contributed by atoms with Gasteiger partial charge in [0.15, 0.2) is 0 Å². The van der Waals surface area contributed by atoms with Crippen LogP contribution >= 0.6 is 0 Å². The van der Waals surface area contributed by atoms with E-state index in [2.05, 4.69) is 4.98 Å². The molecule has 1 aromatic carbocycles. The second-order valence-electron chi connectivity index (χ2n) is 3.21. The Bertz CT molecular complexity index is 480. The molecule has 2 rings (SSSR count). The SMILES string of the molecule is COc1ccc(N)c2nc(C)ccc12. The predicted octanol–water partition coefficient (Wildman–Crippen LogP) is 2.13. The summed E-state index contributed by atoms with van der Waals surface area (Å²) in [5.74, 6) is 0.807. The first-order valence-electron chi connectivity index (χ1n) is 4.42. The minimum Gasteiger partial charge on any atom is -0.496 e. The van der Waals surface area contributed by atoms with Crippen molar-refractivity contribution >= 4 is 16.6 Å². The van der Waals surface area contributed by atoms with Crippen LogP contribution < -0.4 is 10.5 Å². The topological polar surface area (TPSA) is 48.1 Å². The molecule has 0 saturated heterocycles. The van der Waals surface area contributed by atoms with Crippen molar-refractivity contribution in [2.45, 2.75) is 6.92 Å². The van der Waals surface area contributed by atoms with E-state index in [1.165, 1.54) is 0 Å². The van der Waals surface area contributed by atoms with E-state index < -0.39 is 0 Å². The number of nitrogens with zero attached hydrogens (tertiary/aromatic N) is 1. The first-order valence-corrected chi connectivity index (χ1v) is 4.42. The van der Waals surface area contributed by atoms with Gasteiger partial charge in [0.2, 0.25) is 0 Å². The van der Waals surface area contributed by atoms with Gasteiger partial charge < -0.3 is 10.5 Å². The van der Waals surface area contributed by atoms with Crippen LogP contribution in [0.1, 0.15) is 5.69 Å². The summed E-state index contributed by atoms with van der Waals surface area (Å²) < 4.78 is 5.23. The first kappa shape index (κ1) is 8.81. The van der Waals surface area contributed by atoms with Gasteiger partial charge in [-0.3, -0.25) is 4.98 Å². The molecule has 3 nitrogen and oxygen atoms in total. The average molecular weight is 188 g/mol. The van der Waals surface area contributed by atoms with Crippen LogP contribution in [-0.2, 0) is 0 Å². The highest BCUT2D eigenvalue weighted by Gasteiger charge is 2.05. The lowest BCUT2D eigenvalue weighted by molar-refractivity contribution is 0.420. The van der Waals surface area contributed by atoms with Gasteiger partial charge in [-0.05, 0) is 31.2 Å². The zero-order valence-corrected chi connectivity index (χ0v) is 8.24. The minimum atomic E-state index is 0.685. The van der Waals surface area contributed by atoms with E-state index in [0.717, 1.165) is 22.3 Å². The Morgan fingerprint density at radius 1 is 1.21 bits per heavy atom. The van der Waals surface area contributed by atoms with Gasteiger partial charge in [0.1, 0.15) is 5.75 Å². The van der Waals surface area contributed by atoms with Crippen molar-refractivity contribution in [3.05, 3.63) is 30.0 Å². The number of methoxy groups -OCH3 is 1. The Balaban J connectivity index is 2.84. The molecule has 2 N–H and O–H groups in total. The number of nitrogen functional groups attached to an aromatic ring is 1. The third-order valence-electron chi connectivity index (χ3n) is 2.21. The normalized spacial score (nSPS) is 10.4. The molecule has 0 fully saturated rings. The number of hydrogen-bond donors (Lipinski definition) is 1. The zero-order chi connectivity index (χ0) is 10.1. The molecule has 0 aliphatic heterocycles. The van der Waals surface area contributed by atoms with E-state index in [-0.39, 0.29) is 0 Å². The molecule has 72 valence electrons. The fraction of sp³-hybridized carbons (Fsp3) is 0.182. The van der Waals surface area contributed by atoms with Gasteiger partial charge in [0.05, 0.1) is 18.3 Å². The Labute approximate surface area is 82.5 Å². The maximum atomic E-state index is 5.83. The van der Waals surface area contributed by atoms with Crippen molar-refractivity contribution in [2.24, 2.45) is 0 Å². The molecule has 0 unspecified atom stereocenters. The fourth-order valence-electron chi connectivity index (χ4n) is 1.49. The Kier molecular flexibility index (Phi) is 2.00. The van der Waals surface area contributed by atoms with Crippen molar-refractivity contribution in [3.63, 3.8) is 0 Å². The van der Waals surface area contributed by atoms with E-state index >= 15 is 0 Å². The van der Waals surface area contributed by atoms with Crippen LogP contribution in [0.5, 0.6) is 5.75 Å². The van der Waals surface area contributed by atoms with Crippen LogP contribution in [-0.4, -0.2) is 12.1 Å². The predicted molar refractivity (Wildman–Crippen MR) is 57.4 cm³/mol. The van der Waals surface area contributed by atoms with Gasteiger partial charge >= 0.3 is 0 Å². The largest absolute Gasteiger partial charge is 0.496 e. The molecule has 0 amide bonds. The number of aromatic nitrogens is 1. The van der Waals surface area contributed by atoms with Crippen LogP contribution in [0.3, 0.4) is 0 Å². The van der Waals surface area contributed by atoms with Gasteiger partial charge in [-0.15, -0.1) is 0 Å². The molecule has 2 aromatic rings. The van der Waals surface area contributed by atoms with Crippen molar-refractivity contribution < 1.29 is 4.74 Å². The minimum absolute atomic E-state index is 0.685. The van der Waals surface area contributed by atoms with Crippen molar-refractivity contribution in [1.82, 2.24) is 4.98 Å². The number of fused-ring (bicyclic) bond motifs is 1. The van der Waals surface area contributed by atoms with Crippen molar-refractivity contribution in [1.29, 1.82) is 0 Å². The van der Waals surface area contributed by atoms with Crippen LogP contribution in [0.25, 0.3) is 10.9 Å². The summed E-state index contributed by atoms with van der Waals surface area (Å²) in [7, 11) is 1.64. The summed E-state index contributed by atoms with van der Waals surface area (Å²) in [6.45, 7) is 1.94. The lowest BCUT2D eigenvalue weighted by Gasteiger charge is -2.07. The number of nitrogens with two attached hydrogens (primary N) is 1. The number of aryl methyl sites for hydroxylation is 1. The maximum absolute atomic E-state index is 5.83. The molecule has 0 spiro atoms. The molecule has 1 heterocycles. The van der Waals surface area contributed by atoms with E-state index in [1.807, 2.05) is 31.2 Å². The van der Waals surface area contributed by atoms with Gasteiger partial charge in [-0.25, -0.2) is 0 Å². The van der Waals surface area contributed by atoms with Gasteiger partial charge in [0.25, 0.3) is 0 Å². The third kappa shape index (κ3) is 1.27. The molecule has 0 aliphatic rings. The summed E-state index contributed by atoms with van der Waals surface area (Å²) in [5, 5.41) is 0.957. The highest BCUT2D eigenvalue weighted by Crippen LogP contribution is 2.28. The Morgan fingerprint density at radius 2 is 2.00 bits per heavy atom. The molecule has 3 heteroatoms. The van der Waals surface area contributed by atoms with Gasteiger partial charge in [-0.2, -0.15) is 0 Å². The molecule has 0 bridgehead atoms. The van der Waals surface area contributed by atoms with Crippen LogP contribution in [0.4, 0.5) is 5.69 Å². The molecular formula is C11H12N2O. The molecule has 0 atom stereocenters. The lowest BCUT2D eigenvalue weighted by Crippen LogP contribution is -1.93. The quantitative estimate of drug-likeness (QED) is 0.697. The molecule has 1 aromatic heterocycles. The third-order valence-corrected chi connectivity index (χ3v) is 2.21. The summed E-state index contributed by atoms with van der Waals surface area (Å²) in [4.78, 5) is 4.38. The molecule has 0 aliphatic carbocycles. The smallest absolute Gasteiger partial charge is 0.128 e. The van der Waals surface area contributed by atoms with Crippen LogP contribution in [0, 0.1) is 6.92 Å². The van der Waals surface area contributed by atoms with Crippen LogP contribution in [0.2, 0.25) is 0 Å². The number of hydrogen-bond acceptors (Lipinski definition) is 3. The molecular weight excluding hydrogens is 176 g/mol. The number of anilines is 1. The zero-order valence-electron chi connectivity index (χ0n) is 8.24. The second-order valence-corrected chi connectivity index (χ2v) is 3.21. The highest BCUT2D eigenvalue weighted by molar-refractivity contribution is 5.93. The number of benzene rings is 1. The number of pyridine rings is 1. The lowest BCUT2D eigenvalue weighted by atomic mass is 10.1. The first-order chi connectivity index (χ1) is 6.72. The van der Waals surface area contributed by atoms with Crippen molar-refractivity contribution in [3.8, 4) is 5.75 Å². The van der Waals surface area contributed by atoms with Crippen molar-refractivity contribution in [2.75, 3.05) is 12.8 Å². The van der Waals surface area contributed by atoms with Crippen LogP contribution in [0.15, 0.2) is 24.3 Å². The van der Waals surface area contributed by atoms with E-state index in [0.29, 0.717) is 5.69 Å². The number of rotatable bonds is 1. The standard InChI is InChI=1S/C11H12N2O/c1-7-3-4-8-10(14-2)6-5-9(12)11(8)13-7/h3-6H,12H2,1-2H3. The molecule has 14 heavy (non-hydrogen) atoms. The number of ether oxygens (including phenoxy) is 1. The summed E-state index contributed by atoms with van der Waals surface area (Å²) in [6.07, 6.45) is 0. The Morgan fingerprint density at radius 3 is 2.71 bits per heavy atom. The maximum Gasteiger partial charge on any atom is 0.128 e. The fourth-order valence-corrected chi connectivity index (χ4v) is 1.49. The Hall–Kier alpha value is -1.77. The monoisotopic (exact) mass is 188 g/mol. The summed E-state index contributed by atoms with van der Waals surface area (Å²) in [5.41, 5.74) is 8.28. The van der Waals surface area contributed by atoms with E-state index in [1.54, 1.807) is 7.11 Å².